The molecule has 0 saturated carbocycles. The lowest BCUT2D eigenvalue weighted by Gasteiger charge is -2.15. The molecule has 3 aromatic heterocycles. The molecule has 8 aromatic carbocycles. The molecule has 4 nitrogen and oxygen atoms in total. The minimum Gasteiger partial charge on any atom is -0.454 e. The van der Waals surface area contributed by atoms with Crippen molar-refractivity contribution in [3.05, 3.63) is 164 Å². The average Bonchev–Trinajstić information content (AvgIpc) is 3.74. The summed E-state index contributed by atoms with van der Waals surface area (Å²) in [4.78, 5) is 10.4. The molecule has 0 aliphatic carbocycles. The van der Waals surface area contributed by atoms with E-state index >= 15 is 0 Å². The second-order valence-corrected chi connectivity index (χ2v) is 12.9. The van der Waals surface area contributed by atoms with Crippen LogP contribution in [0.3, 0.4) is 0 Å². The van der Waals surface area contributed by atoms with Crippen molar-refractivity contribution in [2.45, 2.75) is 0 Å². The summed E-state index contributed by atoms with van der Waals surface area (Å²) < 4.78 is 9.23. The maximum Gasteiger partial charge on any atom is 0.161 e. The van der Waals surface area contributed by atoms with Crippen LogP contribution in [-0.2, 0) is 0 Å². The van der Waals surface area contributed by atoms with E-state index in [-0.39, 0.29) is 0 Å². The van der Waals surface area contributed by atoms with Crippen LogP contribution in [0.25, 0.3) is 105 Å². The number of benzene rings is 8. The molecule has 0 spiro atoms. The summed E-state index contributed by atoms with van der Waals surface area (Å²) in [7, 11) is 0. The first-order chi connectivity index (χ1) is 24.8. The number of fused-ring (bicyclic) bond motifs is 12. The van der Waals surface area contributed by atoms with Gasteiger partial charge in [-0.25, -0.2) is 9.97 Å². The highest BCUT2D eigenvalue weighted by Gasteiger charge is 2.24. The number of aromatic nitrogens is 3. The normalized spacial score (nSPS) is 12.0. The molecule has 0 amide bonds. The molecule has 0 radical (unpaired) electrons. The van der Waals surface area contributed by atoms with Gasteiger partial charge in [-0.3, -0.25) is 0 Å². The predicted octanol–water partition coefficient (Wildman–Crippen LogP) is 12.3. The first kappa shape index (κ1) is 27.2. The Labute approximate surface area is 286 Å². The quantitative estimate of drug-likeness (QED) is 0.194. The van der Waals surface area contributed by atoms with E-state index < -0.39 is 0 Å². The third-order valence-electron chi connectivity index (χ3n) is 10.2. The van der Waals surface area contributed by atoms with Crippen LogP contribution in [0.2, 0.25) is 0 Å². The second-order valence-electron chi connectivity index (χ2n) is 12.9. The Balaban J connectivity index is 1.26. The van der Waals surface area contributed by atoms with Gasteiger partial charge in [0.1, 0.15) is 5.58 Å². The van der Waals surface area contributed by atoms with Crippen molar-refractivity contribution >= 4 is 76.2 Å². The molecular weight excluding hydrogens is 611 g/mol. The average molecular weight is 638 g/mol. The van der Waals surface area contributed by atoms with Crippen LogP contribution >= 0.6 is 0 Å². The van der Waals surface area contributed by atoms with Gasteiger partial charge in [-0.05, 0) is 46.5 Å². The van der Waals surface area contributed by atoms with E-state index in [0.717, 1.165) is 77.2 Å². The van der Waals surface area contributed by atoms with Gasteiger partial charge in [-0.15, -0.1) is 0 Å². The van der Waals surface area contributed by atoms with Gasteiger partial charge in [0.25, 0.3) is 0 Å². The number of furan rings is 1. The lowest BCUT2D eigenvalue weighted by molar-refractivity contribution is 0.671. The van der Waals surface area contributed by atoms with Crippen molar-refractivity contribution in [1.29, 1.82) is 0 Å². The summed E-state index contributed by atoms with van der Waals surface area (Å²) in [6.07, 6.45) is 0. The van der Waals surface area contributed by atoms with E-state index in [0.29, 0.717) is 5.82 Å². The maximum atomic E-state index is 6.83. The van der Waals surface area contributed by atoms with Crippen molar-refractivity contribution < 1.29 is 4.42 Å². The number of para-hydroxylation sites is 3. The highest BCUT2D eigenvalue weighted by atomic mass is 16.3. The molecule has 11 rings (SSSR count). The smallest absolute Gasteiger partial charge is 0.161 e. The Bertz CT molecular complexity index is 3150. The van der Waals surface area contributed by atoms with E-state index in [1.165, 1.54) is 21.5 Å². The molecule has 50 heavy (non-hydrogen) atoms. The van der Waals surface area contributed by atoms with Gasteiger partial charge in [0.05, 0.1) is 27.9 Å². The first-order valence-electron chi connectivity index (χ1n) is 16.9. The summed E-state index contributed by atoms with van der Waals surface area (Å²) in [5.41, 5.74) is 8.99. The molecule has 0 N–H and O–H groups in total. The molecule has 0 fully saturated rings. The topological polar surface area (TPSA) is 43.9 Å². The molecule has 0 unspecified atom stereocenters. The molecule has 4 heteroatoms. The Morgan fingerprint density at radius 1 is 0.440 bits per heavy atom. The Kier molecular flexibility index (Phi) is 5.63. The van der Waals surface area contributed by atoms with E-state index in [2.05, 4.69) is 150 Å². The van der Waals surface area contributed by atoms with E-state index in [1.54, 1.807) is 0 Å². The highest BCUT2D eigenvalue weighted by Crippen LogP contribution is 2.46. The van der Waals surface area contributed by atoms with Crippen LogP contribution in [0.15, 0.2) is 168 Å². The highest BCUT2D eigenvalue weighted by molar-refractivity contribution is 6.35. The van der Waals surface area contributed by atoms with Crippen LogP contribution < -0.4 is 0 Å². The van der Waals surface area contributed by atoms with Gasteiger partial charge in [-0.2, -0.15) is 0 Å². The van der Waals surface area contributed by atoms with Gasteiger partial charge in [-0.1, -0.05) is 133 Å². The van der Waals surface area contributed by atoms with Gasteiger partial charge >= 0.3 is 0 Å². The summed E-state index contributed by atoms with van der Waals surface area (Å²) in [5.74, 6) is 0.707. The Morgan fingerprint density at radius 2 is 1.06 bits per heavy atom. The van der Waals surface area contributed by atoms with Crippen molar-refractivity contribution in [2.24, 2.45) is 0 Å². The van der Waals surface area contributed by atoms with Crippen LogP contribution in [0.5, 0.6) is 0 Å². The summed E-state index contributed by atoms with van der Waals surface area (Å²) in [6, 6.07) is 57.5. The maximum absolute atomic E-state index is 6.83. The zero-order valence-electron chi connectivity index (χ0n) is 26.8. The van der Waals surface area contributed by atoms with Crippen molar-refractivity contribution in [1.82, 2.24) is 14.5 Å². The monoisotopic (exact) mass is 637 g/mol. The molecule has 0 aliphatic heterocycles. The number of hydrogen-bond donors (Lipinski definition) is 0. The van der Waals surface area contributed by atoms with E-state index in [9.17, 15) is 0 Å². The molecule has 0 saturated heterocycles. The van der Waals surface area contributed by atoms with Gasteiger partial charge in [0.15, 0.2) is 11.4 Å². The largest absolute Gasteiger partial charge is 0.454 e. The molecule has 0 aliphatic rings. The Hall–Kier alpha value is -6.78. The van der Waals surface area contributed by atoms with Crippen molar-refractivity contribution in [3.8, 4) is 28.3 Å². The third kappa shape index (κ3) is 3.76. The standard InChI is InChI=1S/C46H27N3O/c1-2-14-28(15-3-1)43-34-20-8-11-23-37(34)47-46(48-43)33-26-27-39(30-17-5-4-16-29(30)33)49-38-24-12-9-21-35(38)41-31-18-6-7-19-32(31)42-36-22-10-13-25-40(36)50-45(42)44(41)49/h1-27H. The molecular formula is C46H27N3O. The lowest BCUT2D eigenvalue weighted by atomic mass is 9.98. The minimum atomic E-state index is 0.707. The summed E-state index contributed by atoms with van der Waals surface area (Å²) in [6.45, 7) is 0. The van der Waals surface area contributed by atoms with Crippen LogP contribution in [0, 0.1) is 0 Å². The van der Waals surface area contributed by atoms with E-state index in [1.807, 2.05) is 18.2 Å². The molecule has 3 heterocycles. The number of nitrogens with zero attached hydrogens (tertiary/aromatic N) is 3. The first-order valence-corrected chi connectivity index (χ1v) is 16.9. The predicted molar refractivity (Wildman–Crippen MR) is 207 cm³/mol. The molecule has 0 atom stereocenters. The SMILES string of the molecule is c1ccc(-c2nc(-c3ccc(-n4c5ccccc5c5c6ccccc6c6c7ccccc7oc6c54)c4ccccc34)nc3ccccc23)cc1. The zero-order valence-corrected chi connectivity index (χ0v) is 26.8. The second kappa shape index (κ2) is 10.4. The molecule has 232 valence electrons. The van der Waals surface area contributed by atoms with Crippen LogP contribution in [0.1, 0.15) is 0 Å². The van der Waals surface area contributed by atoms with Crippen molar-refractivity contribution in [2.75, 3.05) is 0 Å². The fourth-order valence-corrected chi connectivity index (χ4v) is 8.06. The van der Waals surface area contributed by atoms with Gasteiger partial charge in [0, 0.05) is 43.4 Å². The fourth-order valence-electron chi connectivity index (χ4n) is 8.06. The Morgan fingerprint density at radius 3 is 1.88 bits per heavy atom. The van der Waals surface area contributed by atoms with E-state index in [4.69, 9.17) is 14.4 Å². The van der Waals surface area contributed by atoms with Crippen LogP contribution in [0.4, 0.5) is 0 Å². The molecule has 0 bridgehead atoms. The third-order valence-corrected chi connectivity index (χ3v) is 10.2. The zero-order chi connectivity index (χ0) is 32.8. The van der Waals surface area contributed by atoms with Crippen LogP contribution in [-0.4, -0.2) is 14.5 Å². The molecule has 11 aromatic rings. The lowest BCUT2D eigenvalue weighted by Crippen LogP contribution is -1.99. The number of hydrogen-bond acceptors (Lipinski definition) is 3. The minimum absolute atomic E-state index is 0.707. The fraction of sp³-hybridized carbons (Fsp3) is 0. The summed E-state index contributed by atoms with van der Waals surface area (Å²) >= 11 is 0. The number of rotatable bonds is 3. The summed E-state index contributed by atoms with van der Waals surface area (Å²) in [5, 5.41) is 10.3. The van der Waals surface area contributed by atoms with Gasteiger partial charge < -0.3 is 8.98 Å². The van der Waals surface area contributed by atoms with Crippen molar-refractivity contribution in [3.63, 3.8) is 0 Å². The van der Waals surface area contributed by atoms with Gasteiger partial charge in [0.2, 0.25) is 0 Å².